The summed E-state index contributed by atoms with van der Waals surface area (Å²) in [6.45, 7) is 6.11. The third kappa shape index (κ3) is 3.67. The Labute approximate surface area is 99.4 Å². The monoisotopic (exact) mass is 239 g/mol. The Kier molecular flexibility index (Phi) is 4.84. The fourth-order valence-electron chi connectivity index (χ4n) is 1.39. The Hall–Kier alpha value is -1.69. The van der Waals surface area contributed by atoms with Crippen LogP contribution in [0.4, 0.5) is 0 Å². The molecule has 1 aliphatic rings. The van der Waals surface area contributed by atoms with E-state index in [0.29, 0.717) is 19.8 Å². The van der Waals surface area contributed by atoms with Crippen molar-refractivity contribution in [2.45, 2.75) is 6.92 Å². The topological polar surface area (TPSA) is 84.5 Å². The van der Waals surface area contributed by atoms with Gasteiger partial charge in [-0.25, -0.2) is 0 Å². The summed E-state index contributed by atoms with van der Waals surface area (Å²) in [5, 5.41) is 4.70. The van der Waals surface area contributed by atoms with Crippen molar-refractivity contribution < 1.29 is 19.1 Å². The third-order valence-electron chi connectivity index (χ3n) is 2.34. The number of rotatable bonds is 6. The van der Waals surface area contributed by atoms with E-state index < -0.39 is 17.7 Å². The molecule has 0 aromatic rings. The van der Waals surface area contributed by atoms with Gasteiger partial charge < -0.3 is 10.1 Å². The van der Waals surface area contributed by atoms with Crippen molar-refractivity contribution in [2.24, 2.45) is 5.92 Å². The van der Waals surface area contributed by atoms with Crippen LogP contribution < -0.4 is 10.6 Å². The van der Waals surface area contributed by atoms with Gasteiger partial charge in [0.2, 0.25) is 5.91 Å². The first-order chi connectivity index (χ1) is 8.06. The maximum atomic E-state index is 11.6. The fourth-order valence-corrected chi connectivity index (χ4v) is 1.39. The van der Waals surface area contributed by atoms with E-state index in [1.807, 2.05) is 0 Å². The normalized spacial score (nSPS) is 16.5. The lowest BCUT2D eigenvalue weighted by Gasteiger charge is -2.11. The van der Waals surface area contributed by atoms with Crippen molar-refractivity contribution in [3.05, 3.63) is 18.6 Å². The maximum absolute atomic E-state index is 11.6. The smallest absolute Gasteiger partial charge is 0.255 e. The summed E-state index contributed by atoms with van der Waals surface area (Å²) < 4.78 is 4.95. The average Bonchev–Trinajstić information content (AvgIpc) is 2.62. The van der Waals surface area contributed by atoms with Gasteiger partial charge in [0.15, 0.2) is 0 Å². The minimum atomic E-state index is -0.652. The van der Waals surface area contributed by atoms with Crippen LogP contribution in [0, 0.1) is 12.8 Å². The Morgan fingerprint density at radius 1 is 1.59 bits per heavy atom. The van der Waals surface area contributed by atoms with Crippen LogP contribution in [-0.2, 0) is 19.1 Å². The zero-order valence-corrected chi connectivity index (χ0v) is 9.62. The highest BCUT2D eigenvalue weighted by Gasteiger charge is 2.29. The molecule has 1 radical (unpaired) electrons. The number of ether oxygens (including phenoxy) is 1. The molecule has 1 heterocycles. The summed E-state index contributed by atoms with van der Waals surface area (Å²) >= 11 is 0. The SMILES string of the molecule is [CH2]COCCNC(=O)C(C)C1=CC(=O)NC1=O. The van der Waals surface area contributed by atoms with Crippen LogP contribution in [0.1, 0.15) is 6.92 Å². The van der Waals surface area contributed by atoms with E-state index >= 15 is 0 Å². The standard InChI is InChI=1S/C11H15N2O4/c1-3-17-5-4-12-10(15)7(2)8-6-9(14)13-11(8)16/h6-7H,1,3-5H2,2H3,(H,12,15)(H,13,14,16). The Bertz CT molecular complexity index is 362. The highest BCUT2D eigenvalue weighted by molar-refractivity contribution is 6.18. The molecule has 0 aromatic carbocycles. The number of amides is 3. The maximum Gasteiger partial charge on any atom is 0.255 e. The Morgan fingerprint density at radius 2 is 2.29 bits per heavy atom. The first kappa shape index (κ1) is 13.4. The lowest BCUT2D eigenvalue weighted by Crippen LogP contribution is -2.35. The molecule has 0 fully saturated rings. The predicted molar refractivity (Wildman–Crippen MR) is 59.6 cm³/mol. The largest absolute Gasteiger partial charge is 0.380 e. The third-order valence-corrected chi connectivity index (χ3v) is 2.34. The van der Waals surface area contributed by atoms with Crippen molar-refractivity contribution in [3.8, 4) is 0 Å². The van der Waals surface area contributed by atoms with E-state index in [1.54, 1.807) is 6.92 Å². The molecule has 0 saturated carbocycles. The Morgan fingerprint density at radius 3 is 2.82 bits per heavy atom. The summed E-state index contributed by atoms with van der Waals surface area (Å²) in [6, 6.07) is 0. The van der Waals surface area contributed by atoms with Crippen LogP contribution in [0.2, 0.25) is 0 Å². The molecule has 0 saturated heterocycles. The van der Waals surface area contributed by atoms with Crippen molar-refractivity contribution >= 4 is 17.7 Å². The number of carbonyl (C=O) groups excluding carboxylic acids is 3. The van der Waals surface area contributed by atoms with Gasteiger partial charge in [0, 0.05) is 24.8 Å². The van der Waals surface area contributed by atoms with Crippen LogP contribution in [0.25, 0.3) is 0 Å². The van der Waals surface area contributed by atoms with E-state index in [2.05, 4.69) is 17.6 Å². The molecule has 1 rings (SSSR count). The summed E-state index contributed by atoms with van der Waals surface area (Å²) in [5.41, 5.74) is 0.186. The zero-order valence-electron chi connectivity index (χ0n) is 9.62. The second-order valence-electron chi connectivity index (χ2n) is 3.54. The summed E-state index contributed by atoms with van der Waals surface area (Å²) in [6.07, 6.45) is 1.15. The van der Waals surface area contributed by atoms with Gasteiger partial charge in [-0.2, -0.15) is 0 Å². The van der Waals surface area contributed by atoms with Gasteiger partial charge in [-0.05, 0) is 13.8 Å². The van der Waals surface area contributed by atoms with Gasteiger partial charge in [0.25, 0.3) is 11.8 Å². The van der Waals surface area contributed by atoms with Crippen molar-refractivity contribution in [1.82, 2.24) is 10.6 Å². The van der Waals surface area contributed by atoms with Gasteiger partial charge in [-0.15, -0.1) is 0 Å². The molecule has 0 aliphatic carbocycles. The highest BCUT2D eigenvalue weighted by Crippen LogP contribution is 2.14. The molecule has 6 nitrogen and oxygen atoms in total. The first-order valence-corrected chi connectivity index (χ1v) is 5.28. The second-order valence-corrected chi connectivity index (χ2v) is 3.54. The van der Waals surface area contributed by atoms with Crippen molar-refractivity contribution in [1.29, 1.82) is 0 Å². The molecule has 3 amide bonds. The number of hydrogen-bond donors (Lipinski definition) is 2. The summed E-state index contributed by atoms with van der Waals surface area (Å²) in [4.78, 5) is 33.8. The summed E-state index contributed by atoms with van der Waals surface area (Å²) in [5.74, 6) is -1.95. The molecule has 93 valence electrons. The van der Waals surface area contributed by atoms with Crippen molar-refractivity contribution in [2.75, 3.05) is 19.8 Å². The van der Waals surface area contributed by atoms with E-state index in [-0.39, 0.29) is 11.5 Å². The number of nitrogens with one attached hydrogen (secondary N) is 2. The predicted octanol–water partition coefficient (Wildman–Crippen LogP) is -0.828. The number of carbonyl (C=O) groups is 3. The molecular formula is C11H15N2O4. The first-order valence-electron chi connectivity index (χ1n) is 5.28. The number of imide groups is 1. The number of hydrogen-bond acceptors (Lipinski definition) is 4. The zero-order chi connectivity index (χ0) is 12.8. The minimum Gasteiger partial charge on any atom is -0.380 e. The van der Waals surface area contributed by atoms with E-state index in [4.69, 9.17) is 4.74 Å². The summed E-state index contributed by atoms with van der Waals surface area (Å²) in [7, 11) is 0. The van der Waals surface area contributed by atoms with E-state index in [0.717, 1.165) is 6.08 Å². The molecule has 1 aliphatic heterocycles. The van der Waals surface area contributed by atoms with Crippen LogP contribution in [0.15, 0.2) is 11.6 Å². The lowest BCUT2D eigenvalue weighted by molar-refractivity contribution is -0.127. The van der Waals surface area contributed by atoms with Crippen LogP contribution in [0.5, 0.6) is 0 Å². The van der Waals surface area contributed by atoms with Crippen LogP contribution in [-0.4, -0.2) is 37.5 Å². The Balaban J connectivity index is 2.44. The fraction of sp³-hybridized carbons (Fsp3) is 0.455. The molecule has 6 heteroatoms. The minimum absolute atomic E-state index is 0.186. The van der Waals surface area contributed by atoms with Crippen molar-refractivity contribution in [3.63, 3.8) is 0 Å². The second kappa shape index (κ2) is 6.15. The quantitative estimate of drug-likeness (QED) is 0.468. The molecule has 1 unspecified atom stereocenters. The van der Waals surface area contributed by atoms with Gasteiger partial charge >= 0.3 is 0 Å². The molecule has 1 atom stereocenters. The molecule has 0 spiro atoms. The van der Waals surface area contributed by atoms with E-state index in [9.17, 15) is 14.4 Å². The molecule has 0 bridgehead atoms. The molecule has 17 heavy (non-hydrogen) atoms. The average molecular weight is 239 g/mol. The van der Waals surface area contributed by atoms with E-state index in [1.165, 1.54) is 0 Å². The lowest BCUT2D eigenvalue weighted by atomic mass is 10.0. The molecule has 0 aromatic heterocycles. The molecular weight excluding hydrogens is 224 g/mol. The van der Waals surface area contributed by atoms with Crippen LogP contribution >= 0.6 is 0 Å². The van der Waals surface area contributed by atoms with Gasteiger partial charge in [-0.3, -0.25) is 19.7 Å². The van der Waals surface area contributed by atoms with Gasteiger partial charge in [-0.1, -0.05) is 0 Å². The van der Waals surface area contributed by atoms with Gasteiger partial charge in [0.1, 0.15) is 0 Å². The highest BCUT2D eigenvalue weighted by atomic mass is 16.5. The van der Waals surface area contributed by atoms with Gasteiger partial charge in [0.05, 0.1) is 12.5 Å². The van der Waals surface area contributed by atoms with Crippen LogP contribution in [0.3, 0.4) is 0 Å². The molecule has 2 N–H and O–H groups in total.